The van der Waals surface area contributed by atoms with Gasteiger partial charge in [0.2, 0.25) is 0 Å². The maximum absolute atomic E-state index is 12.4. The average molecular weight is 326 g/mol. The Morgan fingerprint density at radius 1 is 0.810 bits per heavy atom. The van der Waals surface area contributed by atoms with E-state index in [1.807, 2.05) is 0 Å². The molecule has 1 atom stereocenters. The zero-order valence-corrected chi connectivity index (χ0v) is 9.81. The molecule has 0 aliphatic rings. The second-order valence-corrected chi connectivity index (χ2v) is 4.13. The number of aliphatic hydroxyl groups is 1. The van der Waals surface area contributed by atoms with E-state index in [1.54, 1.807) is 0 Å². The first-order chi connectivity index (χ1) is 9.24. The van der Waals surface area contributed by atoms with Crippen molar-refractivity contribution in [3.8, 4) is 0 Å². The van der Waals surface area contributed by atoms with Crippen molar-refractivity contribution in [1.29, 1.82) is 0 Å². The third-order valence-corrected chi connectivity index (χ3v) is 2.58. The van der Waals surface area contributed by atoms with E-state index in [0.29, 0.717) is 18.2 Å². The first-order valence-corrected chi connectivity index (χ1v) is 5.23. The van der Waals surface area contributed by atoms with Gasteiger partial charge in [-0.15, -0.1) is 0 Å². The van der Waals surface area contributed by atoms with Crippen LogP contribution < -0.4 is 0 Å². The summed E-state index contributed by atoms with van der Waals surface area (Å²) < 4.78 is 111. The largest absolute Gasteiger partial charge is 0.416 e. The first kappa shape index (κ1) is 17.6. The van der Waals surface area contributed by atoms with Crippen LogP contribution in [-0.2, 0) is 6.18 Å². The van der Waals surface area contributed by atoms with Gasteiger partial charge in [0.05, 0.1) is 11.7 Å². The van der Waals surface area contributed by atoms with Gasteiger partial charge < -0.3 is 5.11 Å². The lowest BCUT2D eigenvalue weighted by Gasteiger charge is -2.27. The normalized spacial score (nSPS) is 15.4. The van der Waals surface area contributed by atoms with E-state index in [-0.39, 0.29) is 6.07 Å². The van der Waals surface area contributed by atoms with E-state index in [0.717, 1.165) is 0 Å². The Bertz CT molecular complexity index is 472. The fourth-order valence-electron chi connectivity index (χ4n) is 1.64. The Hall–Kier alpha value is -1.45. The Labute approximate surface area is 112 Å². The first-order valence-electron chi connectivity index (χ1n) is 5.23. The van der Waals surface area contributed by atoms with E-state index >= 15 is 0 Å². The number of hydrogen-bond acceptors (Lipinski definition) is 1. The summed E-state index contributed by atoms with van der Waals surface area (Å²) in [4.78, 5) is 0. The minimum Gasteiger partial charge on any atom is -0.387 e. The maximum Gasteiger partial charge on any atom is 0.416 e. The molecule has 1 nitrogen and oxygen atoms in total. The number of rotatable bonds is 2. The topological polar surface area (TPSA) is 20.2 Å². The molecule has 0 saturated heterocycles. The molecular weight excluding hydrogens is 319 g/mol. The smallest absolute Gasteiger partial charge is 0.387 e. The minimum absolute atomic E-state index is 0.0507. The molecule has 0 aliphatic heterocycles. The maximum atomic E-state index is 12.4. The molecule has 21 heavy (non-hydrogen) atoms. The van der Waals surface area contributed by atoms with Gasteiger partial charge in [-0.05, 0) is 17.7 Å². The van der Waals surface area contributed by atoms with Gasteiger partial charge in [-0.1, -0.05) is 12.1 Å². The van der Waals surface area contributed by atoms with Crippen LogP contribution in [0.5, 0.6) is 0 Å². The van der Waals surface area contributed by atoms with Gasteiger partial charge in [0.25, 0.3) is 0 Å². The molecule has 10 heteroatoms. The summed E-state index contributed by atoms with van der Waals surface area (Å²) in [6, 6.07) is 1.69. The predicted molar refractivity (Wildman–Crippen MR) is 52.0 cm³/mol. The number of hydrogen-bond donors (Lipinski definition) is 1. The van der Waals surface area contributed by atoms with E-state index in [4.69, 9.17) is 0 Å². The van der Waals surface area contributed by atoms with Crippen LogP contribution in [0.4, 0.5) is 39.5 Å². The minimum atomic E-state index is -5.86. The molecule has 0 aliphatic carbocycles. The fourth-order valence-corrected chi connectivity index (χ4v) is 1.64. The number of aliphatic hydroxyl groups excluding tert-OH is 1. The summed E-state index contributed by atoms with van der Waals surface area (Å²) in [6.45, 7) is 0. The van der Waals surface area contributed by atoms with Gasteiger partial charge in [0.1, 0.15) is 0 Å². The molecule has 0 bridgehead atoms. The molecule has 0 aromatic heterocycles. The SMILES string of the molecule is OC(c1cccc(C(F)(F)F)c1)C(C(F)(F)F)C(F)(F)F. The Morgan fingerprint density at radius 3 is 1.67 bits per heavy atom. The fraction of sp³-hybridized carbons (Fsp3) is 0.455. The summed E-state index contributed by atoms with van der Waals surface area (Å²) in [5, 5.41) is 9.23. The van der Waals surface area contributed by atoms with Crippen LogP contribution in [0.1, 0.15) is 17.2 Å². The van der Waals surface area contributed by atoms with Crippen LogP contribution >= 0.6 is 0 Å². The number of halogens is 9. The molecule has 0 radical (unpaired) electrons. The van der Waals surface area contributed by atoms with Crippen molar-refractivity contribution in [2.75, 3.05) is 0 Å². The Balaban J connectivity index is 3.26. The van der Waals surface area contributed by atoms with Crippen LogP contribution in [0.2, 0.25) is 0 Å². The molecule has 0 heterocycles. The Morgan fingerprint density at radius 2 is 1.29 bits per heavy atom. The molecule has 1 aromatic carbocycles. The zero-order chi connectivity index (χ0) is 16.6. The van der Waals surface area contributed by atoms with Crippen molar-refractivity contribution in [3.63, 3.8) is 0 Å². The summed E-state index contributed by atoms with van der Waals surface area (Å²) in [7, 11) is 0. The van der Waals surface area contributed by atoms with Crippen molar-refractivity contribution in [3.05, 3.63) is 35.4 Å². The standard InChI is InChI=1S/C11H7F9O/c12-9(13,14)6-3-1-2-5(4-6)7(21)8(10(15,16)17)11(18,19)20/h1-4,7-8,21H. The molecule has 0 spiro atoms. The monoisotopic (exact) mass is 326 g/mol. The second-order valence-electron chi connectivity index (χ2n) is 4.13. The molecule has 1 unspecified atom stereocenters. The van der Waals surface area contributed by atoms with Gasteiger partial charge in [0.15, 0.2) is 5.92 Å². The van der Waals surface area contributed by atoms with Crippen LogP contribution in [-0.4, -0.2) is 17.5 Å². The lowest BCUT2D eigenvalue weighted by molar-refractivity contribution is -0.307. The Kier molecular flexibility index (Phi) is 4.52. The average Bonchev–Trinajstić information content (AvgIpc) is 2.24. The van der Waals surface area contributed by atoms with Crippen LogP contribution in [0.15, 0.2) is 24.3 Å². The van der Waals surface area contributed by atoms with Crippen LogP contribution in [0, 0.1) is 5.92 Å². The van der Waals surface area contributed by atoms with Crippen molar-refractivity contribution >= 4 is 0 Å². The van der Waals surface area contributed by atoms with Gasteiger partial charge in [-0.2, -0.15) is 39.5 Å². The van der Waals surface area contributed by atoms with Crippen molar-refractivity contribution in [1.82, 2.24) is 0 Å². The molecule has 120 valence electrons. The van der Waals surface area contributed by atoms with E-state index < -0.39 is 41.7 Å². The second kappa shape index (κ2) is 5.39. The van der Waals surface area contributed by atoms with Crippen molar-refractivity contribution in [2.45, 2.75) is 24.6 Å². The summed E-state index contributed by atoms with van der Waals surface area (Å²) >= 11 is 0. The van der Waals surface area contributed by atoms with Gasteiger partial charge in [-0.3, -0.25) is 0 Å². The van der Waals surface area contributed by atoms with Crippen molar-refractivity contribution < 1.29 is 44.6 Å². The number of benzene rings is 1. The number of alkyl halides is 9. The summed E-state index contributed by atoms with van der Waals surface area (Å²) in [6.07, 6.45) is -19.9. The highest BCUT2D eigenvalue weighted by atomic mass is 19.4. The van der Waals surface area contributed by atoms with E-state index in [2.05, 4.69) is 0 Å². The third-order valence-electron chi connectivity index (χ3n) is 2.58. The third kappa shape index (κ3) is 4.26. The van der Waals surface area contributed by atoms with Gasteiger partial charge in [0, 0.05) is 0 Å². The zero-order valence-electron chi connectivity index (χ0n) is 9.81. The quantitative estimate of drug-likeness (QED) is 0.795. The highest BCUT2D eigenvalue weighted by Crippen LogP contribution is 2.46. The van der Waals surface area contributed by atoms with Gasteiger partial charge >= 0.3 is 18.5 Å². The highest BCUT2D eigenvalue weighted by molar-refractivity contribution is 5.28. The lowest BCUT2D eigenvalue weighted by Crippen LogP contribution is -2.40. The summed E-state index contributed by atoms with van der Waals surface area (Å²) in [5.41, 5.74) is -2.58. The molecule has 0 fully saturated rings. The molecule has 1 aromatic rings. The predicted octanol–water partition coefficient (Wildman–Crippen LogP) is 4.48. The van der Waals surface area contributed by atoms with Crippen molar-refractivity contribution in [2.24, 2.45) is 5.92 Å². The molecular formula is C11H7F9O. The molecule has 0 saturated carbocycles. The van der Waals surface area contributed by atoms with E-state index in [1.165, 1.54) is 0 Å². The molecule has 1 N–H and O–H groups in total. The van der Waals surface area contributed by atoms with Gasteiger partial charge in [-0.25, -0.2) is 0 Å². The van der Waals surface area contributed by atoms with E-state index in [9.17, 15) is 44.6 Å². The highest BCUT2D eigenvalue weighted by Gasteiger charge is 2.60. The summed E-state index contributed by atoms with van der Waals surface area (Å²) in [5.74, 6) is -4.17. The van der Waals surface area contributed by atoms with Crippen LogP contribution in [0.25, 0.3) is 0 Å². The molecule has 1 rings (SSSR count). The van der Waals surface area contributed by atoms with Crippen LogP contribution in [0.3, 0.4) is 0 Å². The lowest BCUT2D eigenvalue weighted by atomic mass is 9.93. The molecule has 0 amide bonds.